The molecule has 3 unspecified atom stereocenters. The molecule has 1 aromatic carbocycles. The van der Waals surface area contributed by atoms with Crippen LogP contribution in [0.1, 0.15) is 94.4 Å². The molecule has 0 saturated carbocycles. The van der Waals surface area contributed by atoms with Crippen LogP contribution in [0.4, 0.5) is 10.5 Å². The van der Waals surface area contributed by atoms with Gasteiger partial charge in [0.05, 0.1) is 36.7 Å². The third kappa shape index (κ3) is 12.1. The van der Waals surface area contributed by atoms with Gasteiger partial charge in [0.15, 0.2) is 12.1 Å². The van der Waals surface area contributed by atoms with Crippen LogP contribution in [0.15, 0.2) is 30.5 Å². The number of unbranched alkanes of at least 4 members (excludes halogenated alkanes) is 1. The summed E-state index contributed by atoms with van der Waals surface area (Å²) < 4.78 is 27.0. The number of carbonyl (C=O) groups excluding carboxylic acids is 2. The fourth-order valence-electron chi connectivity index (χ4n) is 9.40. The summed E-state index contributed by atoms with van der Waals surface area (Å²) in [5.41, 5.74) is 6.36. The highest BCUT2D eigenvalue weighted by atomic mass is 16.7. The molecule has 2 aliphatic heterocycles. The Morgan fingerprint density at radius 1 is 1.18 bits per heavy atom. The molecule has 2 saturated heterocycles. The highest BCUT2D eigenvalue weighted by molar-refractivity contribution is 5.99. The molecule has 2 aromatic rings. The molecule has 3 heterocycles. The molecule has 17 nitrogen and oxygen atoms in total. The molecule has 350 valence electrons. The highest BCUT2D eigenvalue weighted by Crippen LogP contribution is 2.40. The average Bonchev–Trinajstić information content (AvgIpc) is 3.81. The number of carbonyl (C=O) groups is 3. The number of aliphatic hydroxyl groups excluding tert-OH is 2. The number of hydrogen-bond acceptors (Lipinski definition) is 14. The Labute approximate surface area is 368 Å². The number of benzene rings is 1. The number of nitrogens with zero attached hydrogens (tertiary/aromatic N) is 5. The topological polar surface area (TPSA) is 224 Å². The second-order valence-corrected chi connectivity index (χ2v) is 18.3. The molecule has 0 bridgehead atoms. The molecule has 0 spiro atoms. The van der Waals surface area contributed by atoms with Gasteiger partial charge in [-0.1, -0.05) is 45.0 Å². The van der Waals surface area contributed by atoms with E-state index in [2.05, 4.69) is 43.3 Å². The molecule has 6 N–H and O–H groups in total. The molecular weight excluding hydrogens is 799 g/mol. The lowest BCUT2D eigenvalue weighted by atomic mass is 9.78. The number of amides is 1. The van der Waals surface area contributed by atoms with E-state index in [0.717, 1.165) is 30.5 Å². The predicted octanol–water partition coefficient (Wildman–Crippen LogP) is 4.44. The van der Waals surface area contributed by atoms with E-state index in [-0.39, 0.29) is 42.7 Å². The molecule has 13 atom stereocenters. The largest absolute Gasteiger partial charge is 0.481 e. The second kappa shape index (κ2) is 22.3. The van der Waals surface area contributed by atoms with Crippen molar-refractivity contribution in [3.63, 3.8) is 0 Å². The molecule has 4 rings (SSSR count). The maximum Gasteiger partial charge on any atom is 0.410 e. The van der Waals surface area contributed by atoms with Crippen molar-refractivity contribution in [2.45, 2.75) is 155 Å². The summed E-state index contributed by atoms with van der Waals surface area (Å²) in [6, 6.07) is 6.67. The highest BCUT2D eigenvalue weighted by Gasteiger charge is 2.55. The number of nitrogen functional groups attached to an aromatic ring is 1. The number of nitrogens with one attached hydrogen (secondary N) is 1. The number of Topliss-reactive ketones (excluding diaryl/α,β-unsaturated/α-hetero) is 1. The maximum atomic E-state index is 13.7. The first kappa shape index (κ1) is 50.9. The van der Waals surface area contributed by atoms with Crippen LogP contribution in [0.2, 0.25) is 0 Å². The van der Waals surface area contributed by atoms with Crippen LogP contribution in [-0.2, 0) is 35.1 Å². The van der Waals surface area contributed by atoms with Crippen LogP contribution in [0.3, 0.4) is 0 Å². The van der Waals surface area contributed by atoms with Crippen LogP contribution in [0.5, 0.6) is 0 Å². The van der Waals surface area contributed by atoms with Gasteiger partial charge in [0.1, 0.15) is 23.3 Å². The lowest BCUT2D eigenvalue weighted by Crippen LogP contribution is -2.60. The average molecular weight is 874 g/mol. The first-order valence-corrected chi connectivity index (χ1v) is 22.3. The summed E-state index contributed by atoms with van der Waals surface area (Å²) in [5, 5.41) is 43.2. The molecule has 2 fully saturated rings. The van der Waals surface area contributed by atoms with Gasteiger partial charge >= 0.3 is 12.1 Å². The van der Waals surface area contributed by atoms with Gasteiger partial charge in [-0.15, -0.1) is 5.10 Å². The van der Waals surface area contributed by atoms with E-state index in [0.29, 0.717) is 44.7 Å². The van der Waals surface area contributed by atoms with E-state index in [1.165, 1.54) is 14.0 Å². The Morgan fingerprint density at radius 3 is 2.50 bits per heavy atom. The van der Waals surface area contributed by atoms with E-state index >= 15 is 0 Å². The van der Waals surface area contributed by atoms with Crippen LogP contribution in [0.25, 0.3) is 11.3 Å². The number of likely N-dealkylation sites (N-methyl/N-ethyl adjacent to an activating group) is 1. The zero-order chi connectivity index (χ0) is 46.1. The number of hydrogen-bond donors (Lipinski definition) is 5. The summed E-state index contributed by atoms with van der Waals surface area (Å²) in [6.45, 7) is 18.9. The zero-order valence-electron chi connectivity index (χ0n) is 38.8. The van der Waals surface area contributed by atoms with E-state index in [1.807, 2.05) is 68.1 Å². The van der Waals surface area contributed by atoms with Gasteiger partial charge in [0.2, 0.25) is 0 Å². The monoisotopic (exact) mass is 874 g/mol. The van der Waals surface area contributed by atoms with Crippen LogP contribution in [-0.4, -0.2) is 152 Å². The summed E-state index contributed by atoms with van der Waals surface area (Å²) >= 11 is 0. The minimum atomic E-state index is -1.30. The molecular formula is C45H75N7O10. The van der Waals surface area contributed by atoms with Gasteiger partial charge in [-0.25, -0.2) is 4.79 Å². The SMILES string of the molecule is CC[C@@H](C)[C@@]1(C)OC(=O)N(CCCCn2cc(-c3cccc(N)c3)nn2)[C@@H]1[C@@H](C)NC[C@H](C)C[C@@](C)(OC)[C@H](O[C@@H]1OC(C)CC(N(C)CCO)C1O)[C@@H](C)C(=O)[C@@H](C)C(=O)O. The first-order valence-electron chi connectivity index (χ1n) is 22.3. The Balaban J connectivity index is 1.48. The van der Waals surface area contributed by atoms with Crippen molar-refractivity contribution in [1.82, 2.24) is 30.1 Å². The number of carboxylic acid groups (broad SMARTS) is 1. The van der Waals surface area contributed by atoms with Crippen molar-refractivity contribution < 1.29 is 48.7 Å². The number of ketones is 1. The van der Waals surface area contributed by atoms with Crippen molar-refractivity contribution >= 4 is 23.5 Å². The van der Waals surface area contributed by atoms with Crippen LogP contribution < -0.4 is 11.1 Å². The molecule has 1 aromatic heterocycles. The van der Waals surface area contributed by atoms with E-state index in [9.17, 15) is 29.7 Å². The molecule has 62 heavy (non-hydrogen) atoms. The number of nitrogens with two attached hydrogens (primary N) is 1. The zero-order valence-corrected chi connectivity index (χ0v) is 38.8. The van der Waals surface area contributed by atoms with Gasteiger partial charge in [-0.2, -0.15) is 0 Å². The number of anilines is 1. The second-order valence-electron chi connectivity index (χ2n) is 18.3. The number of aryl methyl sites for hydroxylation is 1. The number of cyclic esters (lactones) is 1. The fraction of sp³-hybridized carbons (Fsp3) is 0.756. The minimum Gasteiger partial charge on any atom is -0.481 e. The Hall–Kier alpha value is -3.71. The molecule has 0 radical (unpaired) electrons. The van der Waals surface area contributed by atoms with Crippen LogP contribution >= 0.6 is 0 Å². The number of aromatic nitrogens is 3. The number of carboxylic acids is 1. The van der Waals surface area contributed by atoms with Crippen molar-refractivity contribution in [2.75, 3.05) is 46.1 Å². The van der Waals surface area contributed by atoms with Crippen LogP contribution in [0, 0.1) is 23.7 Å². The number of ether oxygens (including phenoxy) is 4. The van der Waals surface area contributed by atoms with Gasteiger partial charge in [0.25, 0.3) is 0 Å². The van der Waals surface area contributed by atoms with Crippen molar-refractivity contribution in [1.29, 1.82) is 0 Å². The summed E-state index contributed by atoms with van der Waals surface area (Å²) in [6.07, 6.45) is 1.15. The molecule has 17 heteroatoms. The van der Waals surface area contributed by atoms with E-state index in [1.54, 1.807) is 11.6 Å². The quantitative estimate of drug-likeness (QED) is 0.0529. The fourth-order valence-corrected chi connectivity index (χ4v) is 9.40. The van der Waals surface area contributed by atoms with Crippen molar-refractivity contribution in [2.24, 2.45) is 23.7 Å². The van der Waals surface area contributed by atoms with E-state index in [4.69, 9.17) is 24.7 Å². The Morgan fingerprint density at radius 2 is 1.87 bits per heavy atom. The van der Waals surface area contributed by atoms with Gasteiger partial charge in [-0.3, -0.25) is 24.1 Å². The Kier molecular flexibility index (Phi) is 18.3. The van der Waals surface area contributed by atoms with E-state index < -0.39 is 59.3 Å². The smallest absolute Gasteiger partial charge is 0.410 e. The Bertz CT molecular complexity index is 1770. The molecule has 2 aliphatic rings. The summed E-state index contributed by atoms with van der Waals surface area (Å²) in [4.78, 5) is 43.0. The summed E-state index contributed by atoms with van der Waals surface area (Å²) in [5.74, 6) is -4.02. The van der Waals surface area contributed by atoms with Gasteiger partial charge in [0, 0.05) is 56.0 Å². The lowest BCUT2D eigenvalue weighted by molar-refractivity contribution is -0.296. The number of methoxy groups -OCH3 is 1. The lowest BCUT2D eigenvalue weighted by Gasteiger charge is -2.47. The first-order chi connectivity index (χ1) is 29.2. The van der Waals surface area contributed by atoms with Crippen molar-refractivity contribution in [3.8, 4) is 11.3 Å². The third-order valence-electron chi connectivity index (χ3n) is 13.5. The molecule has 1 amide bonds. The van der Waals surface area contributed by atoms with Crippen molar-refractivity contribution in [3.05, 3.63) is 30.5 Å². The van der Waals surface area contributed by atoms with Gasteiger partial charge in [-0.05, 0) is 104 Å². The third-order valence-corrected chi connectivity index (χ3v) is 13.5. The van der Waals surface area contributed by atoms with Gasteiger partial charge < -0.3 is 45.3 Å². The number of rotatable bonds is 25. The number of aliphatic carboxylic acids is 1. The standard InChI is InChI=1S/C45H75N7O10/c1-12-28(3)45(9)39(52(43(58)62-45)19-14-13-18-51-26-35(48-49-51)33-16-15-17-34(46)23-33)32(7)47-25-27(2)24-44(8,59-11)40(30(5)37(54)31(6)41(56)57)61-42-38(55)36(22-29(4)60-42)50(10)20-21-53/h15-17,23,26-32,36,38-40,42,47,53,55H,12-14,18-22,24-25,46H2,1-11H3,(H,56,57)/t27-,28-,29?,30+,31-,32-,36?,38?,39-,40-,42+,44-,45-/m1/s1. The number of aliphatic hydroxyl groups is 2. The normalized spacial score (nSPS) is 27.0. The minimum absolute atomic E-state index is 0.0755. The molecule has 0 aliphatic carbocycles. The predicted molar refractivity (Wildman–Crippen MR) is 235 cm³/mol. The maximum absolute atomic E-state index is 13.7. The summed E-state index contributed by atoms with van der Waals surface area (Å²) in [7, 11) is 3.35.